The van der Waals surface area contributed by atoms with Gasteiger partial charge in [0.25, 0.3) is 0 Å². The van der Waals surface area contributed by atoms with Gasteiger partial charge in [-0.25, -0.2) is 4.79 Å². The number of carbonyl (C=O) groups excluding carboxylic acids is 1. The van der Waals surface area contributed by atoms with Gasteiger partial charge in [0.05, 0.1) is 13.2 Å². The molecule has 25 heavy (non-hydrogen) atoms. The van der Waals surface area contributed by atoms with E-state index in [1.807, 2.05) is 25.1 Å². The first kappa shape index (κ1) is 21.0. The molecule has 0 saturated carbocycles. The maximum atomic E-state index is 11.4. The molecule has 1 atom stereocenters. The van der Waals surface area contributed by atoms with Crippen molar-refractivity contribution in [3.05, 3.63) is 29.8 Å². The summed E-state index contributed by atoms with van der Waals surface area (Å²) in [6, 6.07) is 8.22. The molecule has 1 aromatic rings. The van der Waals surface area contributed by atoms with Crippen molar-refractivity contribution in [2.75, 3.05) is 47.4 Å². The number of hydrogen-bond donors (Lipinski definition) is 0. The van der Waals surface area contributed by atoms with Gasteiger partial charge in [0.1, 0.15) is 5.75 Å². The number of rotatable bonds is 10. The summed E-state index contributed by atoms with van der Waals surface area (Å²) in [7, 11) is 6.25. The molecule has 138 valence electrons. The Labute approximate surface area is 151 Å². The highest BCUT2D eigenvalue weighted by atomic mass is 16.6. The van der Waals surface area contributed by atoms with Crippen LogP contribution in [0.3, 0.4) is 0 Å². The Balaban J connectivity index is 2.74. The summed E-state index contributed by atoms with van der Waals surface area (Å²) < 4.78 is 10.4. The summed E-state index contributed by atoms with van der Waals surface area (Å²) in [5, 5.41) is 0. The molecule has 1 rings (SSSR count). The average molecular weight is 346 g/mol. The molecule has 0 aromatic heterocycles. The van der Waals surface area contributed by atoms with Crippen molar-refractivity contribution in [3.63, 3.8) is 0 Å². The fraction of sp³-hybridized carbons (Fsp3) is 0.550. The van der Waals surface area contributed by atoms with Gasteiger partial charge in [0.15, 0.2) is 6.61 Å². The molecule has 0 amide bonds. The van der Waals surface area contributed by atoms with Crippen LogP contribution in [0.5, 0.6) is 5.75 Å². The fourth-order valence-corrected chi connectivity index (χ4v) is 2.49. The van der Waals surface area contributed by atoms with Crippen molar-refractivity contribution >= 4 is 5.97 Å². The number of hydrogen-bond acceptors (Lipinski definition) is 5. The van der Waals surface area contributed by atoms with E-state index >= 15 is 0 Å². The minimum Gasteiger partial charge on any atom is -0.482 e. The Morgan fingerprint density at radius 2 is 2.04 bits per heavy atom. The van der Waals surface area contributed by atoms with Crippen LogP contribution < -0.4 is 4.74 Å². The molecule has 0 radical (unpaired) electrons. The van der Waals surface area contributed by atoms with Crippen LogP contribution in [0, 0.1) is 11.8 Å². The largest absolute Gasteiger partial charge is 0.482 e. The summed E-state index contributed by atoms with van der Waals surface area (Å²) in [5.74, 6) is 6.41. The molecule has 5 heteroatoms. The Morgan fingerprint density at radius 3 is 2.68 bits per heavy atom. The van der Waals surface area contributed by atoms with Crippen LogP contribution in [-0.4, -0.2) is 69.3 Å². The zero-order chi connectivity index (χ0) is 18.7. The maximum Gasteiger partial charge on any atom is 0.344 e. The Hall–Kier alpha value is -2.03. The van der Waals surface area contributed by atoms with Crippen molar-refractivity contribution < 1.29 is 14.3 Å². The molecule has 0 aliphatic heterocycles. The topological polar surface area (TPSA) is 42.0 Å². The van der Waals surface area contributed by atoms with Gasteiger partial charge in [-0.05, 0) is 59.1 Å². The van der Waals surface area contributed by atoms with E-state index in [0.29, 0.717) is 18.4 Å². The van der Waals surface area contributed by atoms with Crippen LogP contribution in [0.4, 0.5) is 0 Å². The highest BCUT2D eigenvalue weighted by molar-refractivity contribution is 5.71. The molecule has 0 heterocycles. The maximum absolute atomic E-state index is 11.4. The summed E-state index contributed by atoms with van der Waals surface area (Å²) in [6.45, 7) is 5.62. The molecule has 0 aliphatic rings. The highest BCUT2D eigenvalue weighted by Gasteiger charge is 2.16. The fourth-order valence-electron chi connectivity index (χ4n) is 2.49. The molecular weight excluding hydrogens is 316 g/mol. The molecule has 0 N–H and O–H groups in total. The van der Waals surface area contributed by atoms with Crippen LogP contribution in [-0.2, 0) is 16.0 Å². The summed E-state index contributed by atoms with van der Waals surface area (Å²) in [4.78, 5) is 15.9. The van der Waals surface area contributed by atoms with Crippen molar-refractivity contribution in [1.82, 2.24) is 9.80 Å². The van der Waals surface area contributed by atoms with Gasteiger partial charge < -0.3 is 14.4 Å². The lowest BCUT2D eigenvalue weighted by molar-refractivity contribution is -0.145. The van der Waals surface area contributed by atoms with Crippen LogP contribution in [0.1, 0.15) is 19.4 Å². The van der Waals surface area contributed by atoms with E-state index in [-0.39, 0.29) is 12.6 Å². The van der Waals surface area contributed by atoms with Crippen molar-refractivity contribution in [3.8, 4) is 17.6 Å². The van der Waals surface area contributed by atoms with E-state index in [4.69, 9.17) is 9.47 Å². The third-order valence-corrected chi connectivity index (χ3v) is 3.74. The smallest absolute Gasteiger partial charge is 0.344 e. The van der Waals surface area contributed by atoms with Crippen molar-refractivity contribution in [2.45, 2.75) is 26.3 Å². The predicted octanol–water partition coefficient (Wildman–Crippen LogP) is 2.06. The van der Waals surface area contributed by atoms with Crippen molar-refractivity contribution in [2.24, 2.45) is 0 Å². The number of esters is 1. The predicted molar refractivity (Wildman–Crippen MR) is 101 cm³/mol. The van der Waals surface area contributed by atoms with Crippen molar-refractivity contribution in [1.29, 1.82) is 0 Å². The van der Waals surface area contributed by atoms with E-state index < -0.39 is 0 Å². The third kappa shape index (κ3) is 8.57. The van der Waals surface area contributed by atoms with Crippen LogP contribution >= 0.6 is 0 Å². The molecule has 0 fully saturated rings. The van der Waals surface area contributed by atoms with Crippen LogP contribution in [0.25, 0.3) is 0 Å². The third-order valence-electron chi connectivity index (χ3n) is 3.74. The molecule has 0 saturated heterocycles. The van der Waals surface area contributed by atoms with Crippen LogP contribution in [0.2, 0.25) is 0 Å². The summed E-state index contributed by atoms with van der Waals surface area (Å²) >= 11 is 0. The quantitative estimate of drug-likeness (QED) is 0.479. The van der Waals surface area contributed by atoms with Gasteiger partial charge in [0.2, 0.25) is 0 Å². The van der Waals surface area contributed by atoms with Gasteiger partial charge in [-0.1, -0.05) is 18.1 Å². The van der Waals surface area contributed by atoms with Gasteiger partial charge in [-0.3, -0.25) is 4.90 Å². The van der Waals surface area contributed by atoms with Gasteiger partial charge in [-0.15, -0.1) is 5.92 Å². The summed E-state index contributed by atoms with van der Waals surface area (Å²) in [5.41, 5.74) is 1.17. The van der Waals surface area contributed by atoms with Gasteiger partial charge >= 0.3 is 5.97 Å². The normalized spacial score (nSPS) is 11.8. The molecular formula is C20H30N2O3. The standard InChI is InChI=1S/C20H30N2O3/c1-6-8-12-22(5)18(15-21(3)4)13-17-10-9-11-19(14-17)25-16-20(23)24-7-2/h9-11,14,18H,7,12-13,15-16H2,1-5H3/t18-/m0/s1. The first-order valence-electron chi connectivity index (χ1n) is 8.58. The number of likely N-dealkylation sites (N-methyl/N-ethyl adjacent to an activating group) is 2. The van der Waals surface area contributed by atoms with E-state index in [1.165, 1.54) is 5.56 Å². The first-order chi connectivity index (χ1) is 12.0. The first-order valence-corrected chi connectivity index (χ1v) is 8.58. The second kappa shape index (κ2) is 11.5. The number of benzene rings is 1. The molecule has 0 unspecified atom stereocenters. The minimum absolute atomic E-state index is 0.0651. The van der Waals surface area contributed by atoms with E-state index in [1.54, 1.807) is 6.92 Å². The Kier molecular flexibility index (Phi) is 9.68. The minimum atomic E-state index is -0.351. The molecule has 1 aromatic carbocycles. The van der Waals surface area contributed by atoms with Gasteiger partial charge in [0, 0.05) is 12.6 Å². The zero-order valence-corrected chi connectivity index (χ0v) is 16.0. The van der Waals surface area contributed by atoms with E-state index in [2.05, 4.69) is 48.9 Å². The highest BCUT2D eigenvalue weighted by Crippen LogP contribution is 2.16. The zero-order valence-electron chi connectivity index (χ0n) is 16.0. The Bertz CT molecular complexity index is 590. The molecule has 0 bridgehead atoms. The van der Waals surface area contributed by atoms with Crippen LogP contribution in [0.15, 0.2) is 24.3 Å². The number of carbonyl (C=O) groups is 1. The van der Waals surface area contributed by atoms with E-state index in [9.17, 15) is 4.79 Å². The summed E-state index contributed by atoms with van der Waals surface area (Å²) in [6.07, 6.45) is 0.886. The SMILES string of the molecule is CC#CCN(C)[C@@H](Cc1cccc(OCC(=O)OCC)c1)CN(C)C. The average Bonchev–Trinajstić information content (AvgIpc) is 2.57. The van der Waals surface area contributed by atoms with E-state index in [0.717, 1.165) is 19.5 Å². The lowest BCUT2D eigenvalue weighted by atomic mass is 10.0. The number of ether oxygens (including phenoxy) is 2. The number of nitrogens with zero attached hydrogens (tertiary/aromatic N) is 2. The molecule has 5 nitrogen and oxygen atoms in total. The Morgan fingerprint density at radius 1 is 1.28 bits per heavy atom. The molecule has 0 aliphatic carbocycles. The monoisotopic (exact) mass is 346 g/mol. The second-order valence-electron chi connectivity index (χ2n) is 6.20. The second-order valence-corrected chi connectivity index (χ2v) is 6.20. The van der Waals surface area contributed by atoms with Gasteiger partial charge in [-0.2, -0.15) is 0 Å². The molecule has 0 spiro atoms. The lowest BCUT2D eigenvalue weighted by Crippen LogP contribution is -2.41. The lowest BCUT2D eigenvalue weighted by Gasteiger charge is -2.29.